The van der Waals surface area contributed by atoms with Crippen molar-refractivity contribution in [3.63, 3.8) is 0 Å². The molecule has 1 aliphatic rings. The predicted octanol–water partition coefficient (Wildman–Crippen LogP) is 2.11. The molecule has 0 saturated carbocycles. The summed E-state index contributed by atoms with van der Waals surface area (Å²) < 4.78 is 5.76. The van der Waals surface area contributed by atoms with Crippen molar-refractivity contribution in [2.45, 2.75) is 38.2 Å². The van der Waals surface area contributed by atoms with E-state index in [1.165, 1.54) is 0 Å². The molecular formula is C18H31N5OS. The molecule has 140 valence electrons. The van der Waals surface area contributed by atoms with Gasteiger partial charge in [-0.1, -0.05) is 6.07 Å². The third kappa shape index (κ3) is 6.40. The molecule has 25 heavy (non-hydrogen) atoms. The zero-order valence-corrected chi connectivity index (χ0v) is 16.8. The van der Waals surface area contributed by atoms with Crippen LogP contribution in [0.2, 0.25) is 0 Å². The Kier molecular flexibility index (Phi) is 7.38. The van der Waals surface area contributed by atoms with Gasteiger partial charge >= 0.3 is 0 Å². The summed E-state index contributed by atoms with van der Waals surface area (Å²) in [5.41, 5.74) is 1.14. The van der Waals surface area contributed by atoms with Crippen molar-refractivity contribution in [1.82, 2.24) is 15.6 Å². The van der Waals surface area contributed by atoms with Crippen LogP contribution in [0.5, 0.6) is 0 Å². The molecule has 1 aromatic rings. The summed E-state index contributed by atoms with van der Waals surface area (Å²) in [7, 11) is 1.79. The fourth-order valence-corrected chi connectivity index (χ4v) is 2.73. The van der Waals surface area contributed by atoms with Crippen molar-refractivity contribution >= 4 is 23.5 Å². The quantitative estimate of drug-likeness (QED) is 0.595. The normalized spacial score (nSPS) is 19.0. The maximum atomic E-state index is 5.58. The number of anilines is 1. The first kappa shape index (κ1) is 19.8. The number of guanidine groups is 1. The molecule has 1 aliphatic heterocycles. The molecule has 2 heterocycles. The highest BCUT2D eigenvalue weighted by Gasteiger charge is 2.18. The lowest BCUT2D eigenvalue weighted by Gasteiger charge is -2.32. The highest BCUT2D eigenvalue weighted by atomic mass is 32.2. The average molecular weight is 366 g/mol. The fraction of sp³-hybridized carbons (Fsp3) is 0.667. The highest BCUT2D eigenvalue weighted by Crippen LogP contribution is 2.19. The van der Waals surface area contributed by atoms with Crippen LogP contribution in [0, 0.1) is 0 Å². The van der Waals surface area contributed by atoms with E-state index in [9.17, 15) is 0 Å². The molecule has 0 amide bonds. The highest BCUT2D eigenvalue weighted by molar-refractivity contribution is 7.99. The minimum Gasteiger partial charge on any atom is -0.375 e. The minimum atomic E-state index is 0.177. The van der Waals surface area contributed by atoms with Gasteiger partial charge in [-0.25, -0.2) is 4.98 Å². The van der Waals surface area contributed by atoms with Crippen LogP contribution in [0.15, 0.2) is 23.3 Å². The molecule has 1 atom stereocenters. The van der Waals surface area contributed by atoms with Crippen LogP contribution >= 0.6 is 11.8 Å². The number of pyridine rings is 1. The molecule has 0 bridgehead atoms. The Labute approximate surface area is 155 Å². The Bertz CT molecular complexity index is 561. The lowest BCUT2D eigenvalue weighted by Crippen LogP contribution is -2.43. The third-order valence-corrected chi connectivity index (χ3v) is 5.54. The Morgan fingerprint density at radius 2 is 2.24 bits per heavy atom. The fourth-order valence-electron chi connectivity index (χ4n) is 2.51. The molecule has 1 saturated heterocycles. The zero-order valence-electron chi connectivity index (χ0n) is 16.0. The molecule has 2 N–H and O–H groups in total. The molecule has 1 fully saturated rings. The van der Waals surface area contributed by atoms with Crippen molar-refractivity contribution in [1.29, 1.82) is 0 Å². The minimum absolute atomic E-state index is 0.177. The summed E-state index contributed by atoms with van der Waals surface area (Å²) in [5.74, 6) is 1.83. The molecule has 6 nitrogen and oxygen atoms in total. The van der Waals surface area contributed by atoms with Crippen molar-refractivity contribution in [2.24, 2.45) is 4.99 Å². The van der Waals surface area contributed by atoms with Crippen molar-refractivity contribution in [2.75, 3.05) is 44.4 Å². The van der Waals surface area contributed by atoms with Gasteiger partial charge in [-0.2, -0.15) is 11.8 Å². The van der Waals surface area contributed by atoms with Gasteiger partial charge in [0, 0.05) is 44.2 Å². The molecule has 0 aliphatic carbocycles. The van der Waals surface area contributed by atoms with Gasteiger partial charge < -0.3 is 20.3 Å². The summed E-state index contributed by atoms with van der Waals surface area (Å²) in [6, 6.07) is 4.21. The molecular weight excluding hydrogens is 334 g/mol. The van der Waals surface area contributed by atoms with E-state index in [0.717, 1.165) is 43.6 Å². The third-order valence-electron chi connectivity index (χ3n) is 4.29. The zero-order chi connectivity index (χ0) is 18.3. The van der Waals surface area contributed by atoms with E-state index in [2.05, 4.69) is 64.7 Å². The van der Waals surface area contributed by atoms with Gasteiger partial charge in [0.1, 0.15) is 5.82 Å². The van der Waals surface area contributed by atoms with Gasteiger partial charge in [-0.05, 0) is 38.7 Å². The number of hydrogen-bond acceptors (Lipinski definition) is 5. The Morgan fingerprint density at radius 1 is 1.44 bits per heavy atom. The Morgan fingerprint density at radius 3 is 2.84 bits per heavy atom. The number of ether oxygens (including phenoxy) is 1. The molecule has 2 rings (SSSR count). The van der Waals surface area contributed by atoms with E-state index < -0.39 is 0 Å². The first-order valence-corrected chi connectivity index (χ1v) is 9.97. The van der Waals surface area contributed by atoms with Crippen molar-refractivity contribution in [3.05, 3.63) is 23.9 Å². The summed E-state index contributed by atoms with van der Waals surface area (Å²) >= 11 is 1.84. The van der Waals surface area contributed by atoms with Crippen LogP contribution in [0.3, 0.4) is 0 Å². The van der Waals surface area contributed by atoms with E-state index in [4.69, 9.17) is 4.74 Å². The van der Waals surface area contributed by atoms with Crippen molar-refractivity contribution in [3.8, 4) is 0 Å². The van der Waals surface area contributed by atoms with Crippen LogP contribution in [0.1, 0.15) is 26.3 Å². The van der Waals surface area contributed by atoms with E-state index >= 15 is 0 Å². The smallest absolute Gasteiger partial charge is 0.191 e. The second kappa shape index (κ2) is 9.29. The monoisotopic (exact) mass is 365 g/mol. The summed E-state index contributed by atoms with van der Waals surface area (Å²) in [5, 5.41) is 6.72. The van der Waals surface area contributed by atoms with E-state index in [1.807, 2.05) is 18.0 Å². The molecule has 7 heteroatoms. The number of rotatable bonds is 6. The van der Waals surface area contributed by atoms with Gasteiger partial charge in [0.2, 0.25) is 0 Å². The van der Waals surface area contributed by atoms with Crippen LogP contribution in [0.4, 0.5) is 5.82 Å². The molecule has 1 unspecified atom stereocenters. The van der Waals surface area contributed by atoms with Crippen LogP contribution < -0.4 is 15.5 Å². The summed E-state index contributed by atoms with van der Waals surface area (Å²) in [6.07, 6.45) is 4.32. The van der Waals surface area contributed by atoms with Gasteiger partial charge in [0.05, 0.1) is 12.7 Å². The maximum Gasteiger partial charge on any atom is 0.191 e. The number of aliphatic imine (C=N–C) groups is 1. The average Bonchev–Trinajstić information content (AvgIpc) is 2.62. The largest absolute Gasteiger partial charge is 0.375 e. The first-order chi connectivity index (χ1) is 11.9. The SMILES string of the molecule is CN=C(NCc1ccc(N2CCOC(C)C2)nc1)NCC(C)(C)SC. The molecule has 1 aromatic heterocycles. The first-order valence-electron chi connectivity index (χ1n) is 8.74. The van der Waals surface area contributed by atoms with E-state index in [0.29, 0.717) is 6.54 Å². The molecule has 0 aromatic carbocycles. The van der Waals surface area contributed by atoms with Crippen LogP contribution in [-0.4, -0.2) is 61.3 Å². The van der Waals surface area contributed by atoms with E-state index in [-0.39, 0.29) is 10.9 Å². The van der Waals surface area contributed by atoms with Crippen LogP contribution in [-0.2, 0) is 11.3 Å². The van der Waals surface area contributed by atoms with Gasteiger partial charge in [0.15, 0.2) is 5.96 Å². The lowest BCUT2D eigenvalue weighted by atomic mass is 10.2. The standard InChI is InChI=1S/C18H31N5OS/c1-14-12-23(8-9-24-14)16-7-6-15(10-20-16)11-21-17(19-4)22-13-18(2,3)25-5/h6-7,10,14H,8-9,11-13H2,1-5H3,(H2,19,21,22). The van der Waals surface area contributed by atoms with Gasteiger partial charge in [0.25, 0.3) is 0 Å². The summed E-state index contributed by atoms with van der Waals surface area (Å²) in [4.78, 5) is 11.2. The predicted molar refractivity (Wildman–Crippen MR) is 108 cm³/mol. The van der Waals surface area contributed by atoms with E-state index in [1.54, 1.807) is 7.05 Å². The number of morpholine rings is 1. The second-order valence-electron chi connectivity index (χ2n) is 6.90. The van der Waals surface area contributed by atoms with Crippen molar-refractivity contribution < 1.29 is 4.74 Å². The number of nitrogens with one attached hydrogen (secondary N) is 2. The van der Waals surface area contributed by atoms with Gasteiger partial charge in [-0.15, -0.1) is 0 Å². The number of nitrogens with zero attached hydrogens (tertiary/aromatic N) is 3. The number of thioether (sulfide) groups is 1. The number of aromatic nitrogens is 1. The molecule has 0 spiro atoms. The Balaban J connectivity index is 1.84. The Hall–Kier alpha value is -1.47. The second-order valence-corrected chi connectivity index (χ2v) is 8.41. The maximum absolute atomic E-state index is 5.58. The topological polar surface area (TPSA) is 61.8 Å². The van der Waals surface area contributed by atoms with Gasteiger partial charge in [-0.3, -0.25) is 4.99 Å². The number of hydrogen-bond donors (Lipinski definition) is 2. The molecule has 0 radical (unpaired) electrons. The van der Waals surface area contributed by atoms with Crippen LogP contribution in [0.25, 0.3) is 0 Å². The lowest BCUT2D eigenvalue weighted by molar-refractivity contribution is 0.0529. The summed E-state index contributed by atoms with van der Waals surface area (Å²) in [6.45, 7) is 10.7.